The smallest absolute Gasteiger partial charge is 0.246 e. The minimum Gasteiger partial charge on any atom is -0.371 e. The number of hydrogen-bond acceptors (Lipinski definition) is 3. The van der Waals surface area contributed by atoms with E-state index in [1.165, 1.54) is 19.8 Å². The number of nitrogens with one attached hydrogen (secondary N) is 1. The van der Waals surface area contributed by atoms with Gasteiger partial charge >= 0.3 is 0 Å². The molecule has 1 fully saturated rings. The number of Topliss-reactive ketones (excluding diaryl/α,β-unsaturated/α-hetero) is 1. The van der Waals surface area contributed by atoms with E-state index in [0.717, 1.165) is 0 Å². The molecule has 1 unspecified atom stereocenters. The van der Waals surface area contributed by atoms with E-state index in [1.807, 2.05) is 13.8 Å². The van der Waals surface area contributed by atoms with Crippen LogP contribution in [0.2, 0.25) is 0 Å². The molecule has 0 spiro atoms. The number of carbonyl (C=O) groups is 2. The summed E-state index contributed by atoms with van der Waals surface area (Å²) in [7, 11) is 0. The van der Waals surface area contributed by atoms with E-state index in [0.29, 0.717) is 12.5 Å². The van der Waals surface area contributed by atoms with Crippen LogP contribution in [0.25, 0.3) is 0 Å². The molecule has 4 heteroatoms. The zero-order chi connectivity index (χ0) is 12.1. The van der Waals surface area contributed by atoms with Crippen LogP contribution in [-0.4, -0.2) is 30.9 Å². The Balaban J connectivity index is 2.21. The molecule has 0 radical (unpaired) electrons. The minimum absolute atomic E-state index is 0.00876. The summed E-state index contributed by atoms with van der Waals surface area (Å²) < 4.78 is 5.26. The van der Waals surface area contributed by atoms with E-state index in [-0.39, 0.29) is 24.2 Å². The highest BCUT2D eigenvalue weighted by Crippen LogP contribution is 2.28. The lowest BCUT2D eigenvalue weighted by molar-refractivity contribution is -0.130. The van der Waals surface area contributed by atoms with Crippen molar-refractivity contribution in [2.24, 2.45) is 11.8 Å². The lowest BCUT2D eigenvalue weighted by Crippen LogP contribution is -2.44. The maximum Gasteiger partial charge on any atom is 0.246 e. The van der Waals surface area contributed by atoms with Crippen LogP contribution in [0.1, 0.15) is 33.6 Å². The molecule has 1 rings (SSSR count). The second-order valence-electron chi connectivity index (χ2n) is 4.86. The summed E-state index contributed by atoms with van der Waals surface area (Å²) in [5, 5.41) is 2.70. The Labute approximate surface area is 96.7 Å². The molecule has 1 aliphatic rings. The highest BCUT2D eigenvalue weighted by atomic mass is 16.5. The number of hydrogen-bond donors (Lipinski definition) is 1. The summed E-state index contributed by atoms with van der Waals surface area (Å²) >= 11 is 0. The third kappa shape index (κ3) is 4.75. The van der Waals surface area contributed by atoms with Crippen LogP contribution in [0, 0.1) is 11.8 Å². The molecule has 92 valence electrons. The average molecular weight is 227 g/mol. The van der Waals surface area contributed by atoms with Crippen molar-refractivity contribution in [1.29, 1.82) is 0 Å². The molecule has 0 aromatic rings. The summed E-state index contributed by atoms with van der Waals surface area (Å²) in [5.41, 5.74) is 0. The van der Waals surface area contributed by atoms with Crippen LogP contribution in [0.4, 0.5) is 0 Å². The van der Waals surface area contributed by atoms with Crippen LogP contribution in [-0.2, 0) is 14.3 Å². The third-order valence-corrected chi connectivity index (χ3v) is 2.70. The summed E-state index contributed by atoms with van der Waals surface area (Å²) in [4.78, 5) is 22.7. The van der Waals surface area contributed by atoms with Gasteiger partial charge in [0.1, 0.15) is 6.61 Å². The monoisotopic (exact) mass is 227 g/mol. The number of ketones is 1. The summed E-state index contributed by atoms with van der Waals surface area (Å²) in [6, 6.07) is -0.392. The van der Waals surface area contributed by atoms with Crippen molar-refractivity contribution >= 4 is 11.7 Å². The lowest BCUT2D eigenvalue weighted by Gasteiger charge is -2.19. The van der Waals surface area contributed by atoms with E-state index in [9.17, 15) is 9.59 Å². The number of ether oxygens (including phenoxy) is 1. The fraction of sp³-hybridized carbons (Fsp3) is 0.833. The van der Waals surface area contributed by atoms with Crippen LogP contribution < -0.4 is 5.32 Å². The summed E-state index contributed by atoms with van der Waals surface area (Å²) in [6.45, 7) is 6.05. The molecule has 0 aliphatic heterocycles. The number of carbonyl (C=O) groups excluding carboxylic acids is 2. The summed E-state index contributed by atoms with van der Waals surface area (Å²) in [6.07, 6.45) is 2.42. The molecule has 0 aromatic heterocycles. The van der Waals surface area contributed by atoms with E-state index < -0.39 is 6.04 Å². The lowest BCUT2D eigenvalue weighted by atomic mass is 10.0. The van der Waals surface area contributed by atoms with Gasteiger partial charge in [0.2, 0.25) is 5.91 Å². The second kappa shape index (κ2) is 5.99. The van der Waals surface area contributed by atoms with E-state index in [2.05, 4.69) is 5.32 Å². The first-order chi connectivity index (χ1) is 7.50. The highest BCUT2D eigenvalue weighted by Gasteiger charge is 2.23. The quantitative estimate of drug-likeness (QED) is 0.709. The van der Waals surface area contributed by atoms with Crippen molar-refractivity contribution in [2.75, 3.05) is 13.2 Å². The molecule has 4 nitrogen and oxygen atoms in total. The first kappa shape index (κ1) is 13.2. The van der Waals surface area contributed by atoms with Gasteiger partial charge in [0, 0.05) is 0 Å². The Morgan fingerprint density at radius 3 is 2.44 bits per heavy atom. The SMILES string of the molecule is CC(=O)C(NC(=O)COCC1CC1)C(C)C. The van der Waals surface area contributed by atoms with Gasteiger partial charge in [-0.25, -0.2) is 0 Å². The molecule has 1 amide bonds. The predicted molar refractivity (Wildman–Crippen MR) is 61.0 cm³/mol. The molecule has 0 bridgehead atoms. The predicted octanol–water partition coefficient (Wildman–Crippen LogP) is 1.14. The molecule has 16 heavy (non-hydrogen) atoms. The van der Waals surface area contributed by atoms with Crippen LogP contribution in [0.3, 0.4) is 0 Å². The van der Waals surface area contributed by atoms with Crippen molar-refractivity contribution in [1.82, 2.24) is 5.32 Å². The van der Waals surface area contributed by atoms with Crippen molar-refractivity contribution in [2.45, 2.75) is 39.7 Å². The van der Waals surface area contributed by atoms with Gasteiger partial charge in [-0.2, -0.15) is 0 Å². The van der Waals surface area contributed by atoms with Crippen LogP contribution in [0.15, 0.2) is 0 Å². The maximum atomic E-state index is 11.5. The topological polar surface area (TPSA) is 55.4 Å². The van der Waals surface area contributed by atoms with Gasteiger partial charge in [-0.3, -0.25) is 9.59 Å². The van der Waals surface area contributed by atoms with Gasteiger partial charge in [-0.15, -0.1) is 0 Å². The third-order valence-electron chi connectivity index (χ3n) is 2.70. The largest absolute Gasteiger partial charge is 0.371 e. The summed E-state index contributed by atoms with van der Waals surface area (Å²) in [5.74, 6) is 0.562. The number of rotatable bonds is 7. The Morgan fingerprint density at radius 1 is 1.38 bits per heavy atom. The van der Waals surface area contributed by atoms with Gasteiger partial charge in [-0.1, -0.05) is 13.8 Å². The molecular weight excluding hydrogens is 206 g/mol. The Kier molecular flexibility index (Phi) is 4.93. The first-order valence-corrected chi connectivity index (χ1v) is 5.88. The fourth-order valence-corrected chi connectivity index (χ4v) is 1.56. The second-order valence-corrected chi connectivity index (χ2v) is 4.86. The van der Waals surface area contributed by atoms with Gasteiger partial charge in [0.05, 0.1) is 12.6 Å². The zero-order valence-corrected chi connectivity index (χ0v) is 10.3. The van der Waals surface area contributed by atoms with Crippen LogP contribution >= 0.6 is 0 Å². The Morgan fingerprint density at radius 2 is 2.00 bits per heavy atom. The minimum atomic E-state index is -0.392. The highest BCUT2D eigenvalue weighted by molar-refractivity contribution is 5.88. The van der Waals surface area contributed by atoms with Gasteiger partial charge in [0.25, 0.3) is 0 Å². The average Bonchev–Trinajstić information content (AvgIpc) is 2.97. The molecule has 0 saturated heterocycles. The standard InChI is InChI=1S/C12H21NO3/c1-8(2)12(9(3)14)13-11(15)7-16-6-10-4-5-10/h8,10,12H,4-7H2,1-3H3,(H,13,15). The van der Waals surface area contributed by atoms with Gasteiger partial charge in [0.15, 0.2) is 5.78 Å². The van der Waals surface area contributed by atoms with E-state index in [1.54, 1.807) is 0 Å². The molecular formula is C12H21NO3. The molecule has 1 atom stereocenters. The molecule has 1 aliphatic carbocycles. The van der Waals surface area contributed by atoms with E-state index >= 15 is 0 Å². The molecule has 1 saturated carbocycles. The molecule has 0 aromatic carbocycles. The Bertz CT molecular complexity index is 259. The normalized spacial score (nSPS) is 17.2. The maximum absolute atomic E-state index is 11.5. The van der Waals surface area contributed by atoms with Gasteiger partial charge < -0.3 is 10.1 Å². The van der Waals surface area contributed by atoms with E-state index in [4.69, 9.17) is 4.74 Å². The van der Waals surface area contributed by atoms with Crippen molar-refractivity contribution in [3.63, 3.8) is 0 Å². The molecule has 0 heterocycles. The number of amides is 1. The zero-order valence-electron chi connectivity index (χ0n) is 10.3. The Hall–Kier alpha value is -0.900. The molecule has 1 N–H and O–H groups in total. The fourth-order valence-electron chi connectivity index (χ4n) is 1.56. The van der Waals surface area contributed by atoms with Crippen LogP contribution in [0.5, 0.6) is 0 Å². The van der Waals surface area contributed by atoms with Gasteiger partial charge in [-0.05, 0) is 31.6 Å². The van der Waals surface area contributed by atoms with Crippen molar-refractivity contribution < 1.29 is 14.3 Å². The first-order valence-electron chi connectivity index (χ1n) is 5.88. The van der Waals surface area contributed by atoms with Crippen molar-refractivity contribution in [3.8, 4) is 0 Å². The van der Waals surface area contributed by atoms with Crippen molar-refractivity contribution in [3.05, 3.63) is 0 Å².